The van der Waals surface area contributed by atoms with Gasteiger partial charge in [-0.25, -0.2) is 4.98 Å². The molecule has 0 unspecified atom stereocenters. The second-order valence-electron chi connectivity index (χ2n) is 5.53. The summed E-state index contributed by atoms with van der Waals surface area (Å²) in [5.41, 5.74) is 0.234. The molecule has 0 saturated carbocycles. The molecular formula is C15H19N5O2. The number of amides is 1. The fourth-order valence-corrected chi connectivity index (χ4v) is 2.48. The monoisotopic (exact) mass is 301 g/mol. The summed E-state index contributed by atoms with van der Waals surface area (Å²) in [6.07, 6.45) is 5.70. The first-order valence-electron chi connectivity index (χ1n) is 7.41. The van der Waals surface area contributed by atoms with Gasteiger partial charge in [0.15, 0.2) is 5.82 Å². The molecule has 1 amide bonds. The molecule has 0 spiro atoms. The van der Waals surface area contributed by atoms with Crippen LogP contribution in [0, 0.1) is 0 Å². The Morgan fingerprint density at radius 1 is 1.45 bits per heavy atom. The van der Waals surface area contributed by atoms with Gasteiger partial charge in [0.2, 0.25) is 0 Å². The molecule has 0 aromatic carbocycles. The van der Waals surface area contributed by atoms with Crippen LogP contribution in [0.2, 0.25) is 0 Å². The van der Waals surface area contributed by atoms with E-state index in [9.17, 15) is 4.79 Å². The SMILES string of the molecule is C[C@@]1(C(=O)NCCc2nc(-c3ccncc3)n[nH]2)CCCO1. The summed E-state index contributed by atoms with van der Waals surface area (Å²) in [7, 11) is 0. The number of nitrogens with one attached hydrogen (secondary N) is 2. The van der Waals surface area contributed by atoms with E-state index in [0.29, 0.717) is 25.4 Å². The molecule has 22 heavy (non-hydrogen) atoms. The lowest BCUT2D eigenvalue weighted by molar-refractivity contribution is -0.139. The van der Waals surface area contributed by atoms with Crippen LogP contribution in [-0.2, 0) is 16.0 Å². The van der Waals surface area contributed by atoms with Crippen molar-refractivity contribution >= 4 is 5.91 Å². The maximum Gasteiger partial charge on any atom is 0.251 e. The molecule has 7 nitrogen and oxygen atoms in total. The minimum absolute atomic E-state index is 0.0566. The van der Waals surface area contributed by atoms with Crippen molar-refractivity contribution in [3.05, 3.63) is 30.4 Å². The van der Waals surface area contributed by atoms with Gasteiger partial charge >= 0.3 is 0 Å². The highest BCUT2D eigenvalue weighted by Crippen LogP contribution is 2.24. The first-order chi connectivity index (χ1) is 10.7. The molecule has 1 saturated heterocycles. The first-order valence-corrected chi connectivity index (χ1v) is 7.41. The van der Waals surface area contributed by atoms with Gasteiger partial charge in [0.25, 0.3) is 5.91 Å². The highest BCUT2D eigenvalue weighted by Gasteiger charge is 2.37. The zero-order valence-corrected chi connectivity index (χ0v) is 12.5. The summed E-state index contributed by atoms with van der Waals surface area (Å²) >= 11 is 0. The molecule has 0 bridgehead atoms. The molecule has 116 valence electrons. The second-order valence-corrected chi connectivity index (χ2v) is 5.53. The normalized spacial score (nSPS) is 21.0. The van der Waals surface area contributed by atoms with Crippen molar-refractivity contribution in [2.24, 2.45) is 0 Å². The average molecular weight is 301 g/mol. The van der Waals surface area contributed by atoms with Gasteiger partial charge in [-0.05, 0) is 31.9 Å². The predicted molar refractivity (Wildman–Crippen MR) is 79.9 cm³/mol. The lowest BCUT2D eigenvalue weighted by atomic mass is 10.0. The Labute approximate surface area is 128 Å². The van der Waals surface area contributed by atoms with Gasteiger partial charge in [0, 0.05) is 37.5 Å². The van der Waals surface area contributed by atoms with E-state index in [-0.39, 0.29) is 5.91 Å². The van der Waals surface area contributed by atoms with E-state index in [0.717, 1.165) is 24.2 Å². The van der Waals surface area contributed by atoms with E-state index in [1.54, 1.807) is 12.4 Å². The van der Waals surface area contributed by atoms with Crippen LogP contribution in [-0.4, -0.2) is 44.8 Å². The van der Waals surface area contributed by atoms with Gasteiger partial charge in [-0.1, -0.05) is 0 Å². The topological polar surface area (TPSA) is 92.8 Å². The lowest BCUT2D eigenvalue weighted by Crippen LogP contribution is -2.44. The van der Waals surface area contributed by atoms with Gasteiger partial charge in [0.05, 0.1) is 0 Å². The maximum absolute atomic E-state index is 12.1. The zero-order chi connectivity index (χ0) is 15.4. The summed E-state index contributed by atoms with van der Waals surface area (Å²) in [6.45, 7) is 3.00. The summed E-state index contributed by atoms with van der Waals surface area (Å²) in [5, 5.41) is 9.97. The van der Waals surface area contributed by atoms with Gasteiger partial charge in [0.1, 0.15) is 11.4 Å². The Morgan fingerprint density at radius 2 is 2.27 bits per heavy atom. The largest absolute Gasteiger partial charge is 0.365 e. The number of H-pyrrole nitrogens is 1. The number of carbonyl (C=O) groups is 1. The third-order valence-electron chi connectivity index (χ3n) is 3.82. The number of rotatable bonds is 5. The van der Waals surface area contributed by atoms with Crippen LogP contribution in [0.4, 0.5) is 0 Å². The molecule has 2 aromatic heterocycles. The van der Waals surface area contributed by atoms with Crippen LogP contribution in [0.1, 0.15) is 25.6 Å². The molecule has 1 atom stereocenters. The van der Waals surface area contributed by atoms with Crippen molar-refractivity contribution in [2.75, 3.05) is 13.2 Å². The first kappa shape index (κ1) is 14.6. The highest BCUT2D eigenvalue weighted by molar-refractivity contribution is 5.84. The third-order valence-corrected chi connectivity index (χ3v) is 3.82. The van der Waals surface area contributed by atoms with Crippen molar-refractivity contribution in [3.8, 4) is 11.4 Å². The van der Waals surface area contributed by atoms with E-state index in [1.807, 2.05) is 19.1 Å². The van der Waals surface area contributed by atoms with Crippen LogP contribution in [0.15, 0.2) is 24.5 Å². The summed E-state index contributed by atoms with van der Waals surface area (Å²) in [6, 6.07) is 3.71. The number of pyridine rings is 1. The third kappa shape index (κ3) is 3.14. The van der Waals surface area contributed by atoms with E-state index in [4.69, 9.17) is 4.74 Å². The lowest BCUT2D eigenvalue weighted by Gasteiger charge is -2.21. The van der Waals surface area contributed by atoms with Crippen LogP contribution >= 0.6 is 0 Å². The molecule has 2 N–H and O–H groups in total. The molecule has 2 aromatic rings. The molecule has 1 aliphatic heterocycles. The predicted octanol–water partition coefficient (Wildman–Crippen LogP) is 1.09. The number of ether oxygens (including phenoxy) is 1. The van der Waals surface area contributed by atoms with Crippen molar-refractivity contribution < 1.29 is 9.53 Å². The quantitative estimate of drug-likeness (QED) is 0.862. The Hall–Kier alpha value is -2.28. The molecule has 1 aliphatic rings. The minimum Gasteiger partial charge on any atom is -0.365 e. The van der Waals surface area contributed by atoms with Crippen LogP contribution < -0.4 is 5.32 Å². The molecule has 0 radical (unpaired) electrons. The van der Waals surface area contributed by atoms with Gasteiger partial charge in [-0.2, -0.15) is 5.10 Å². The Kier molecular flexibility index (Phi) is 4.15. The molecule has 0 aliphatic carbocycles. The highest BCUT2D eigenvalue weighted by atomic mass is 16.5. The summed E-state index contributed by atoms with van der Waals surface area (Å²) < 4.78 is 5.51. The molecular weight excluding hydrogens is 282 g/mol. The molecule has 1 fully saturated rings. The van der Waals surface area contributed by atoms with Crippen molar-refractivity contribution in [3.63, 3.8) is 0 Å². The van der Waals surface area contributed by atoms with Crippen LogP contribution in [0.3, 0.4) is 0 Å². The number of nitrogens with zero attached hydrogens (tertiary/aromatic N) is 3. The number of aromatic amines is 1. The standard InChI is InChI=1S/C15H19N5O2/c1-15(6-2-10-22-15)14(21)17-9-5-12-18-13(20-19-12)11-3-7-16-8-4-11/h3-4,7-8H,2,5-6,9-10H2,1H3,(H,17,21)(H,18,19,20)/t15-/m0/s1. The molecule has 3 heterocycles. The maximum atomic E-state index is 12.1. The van der Waals surface area contributed by atoms with Gasteiger partial charge in [-0.15, -0.1) is 0 Å². The number of carbonyl (C=O) groups excluding carboxylic acids is 1. The van der Waals surface area contributed by atoms with E-state index in [2.05, 4.69) is 25.5 Å². The van der Waals surface area contributed by atoms with E-state index < -0.39 is 5.60 Å². The van der Waals surface area contributed by atoms with Gasteiger partial charge < -0.3 is 10.1 Å². The Balaban J connectivity index is 1.52. The number of hydrogen-bond acceptors (Lipinski definition) is 5. The van der Waals surface area contributed by atoms with E-state index >= 15 is 0 Å². The Morgan fingerprint density at radius 3 is 3.00 bits per heavy atom. The molecule has 3 rings (SSSR count). The van der Waals surface area contributed by atoms with Gasteiger partial charge in [-0.3, -0.25) is 14.9 Å². The zero-order valence-electron chi connectivity index (χ0n) is 12.5. The summed E-state index contributed by atoms with van der Waals surface area (Å²) in [4.78, 5) is 20.5. The van der Waals surface area contributed by atoms with Crippen molar-refractivity contribution in [1.82, 2.24) is 25.5 Å². The fraction of sp³-hybridized carbons (Fsp3) is 0.467. The Bertz CT molecular complexity index is 634. The van der Waals surface area contributed by atoms with Crippen LogP contribution in [0.5, 0.6) is 0 Å². The number of aromatic nitrogens is 4. The van der Waals surface area contributed by atoms with Crippen molar-refractivity contribution in [2.45, 2.75) is 31.8 Å². The second kappa shape index (κ2) is 6.23. The fourth-order valence-electron chi connectivity index (χ4n) is 2.48. The smallest absolute Gasteiger partial charge is 0.251 e. The minimum atomic E-state index is -0.677. The number of hydrogen-bond donors (Lipinski definition) is 2. The molecule has 7 heteroatoms. The summed E-state index contributed by atoms with van der Waals surface area (Å²) in [5.74, 6) is 1.32. The average Bonchev–Trinajstić information content (AvgIpc) is 3.18. The van der Waals surface area contributed by atoms with E-state index in [1.165, 1.54) is 0 Å². The van der Waals surface area contributed by atoms with Crippen LogP contribution in [0.25, 0.3) is 11.4 Å². The van der Waals surface area contributed by atoms with Crippen molar-refractivity contribution in [1.29, 1.82) is 0 Å².